The van der Waals surface area contributed by atoms with Crippen molar-refractivity contribution < 1.29 is 0 Å². The second kappa shape index (κ2) is 7.58. The average Bonchev–Trinajstić information content (AvgIpc) is 2.36. The van der Waals surface area contributed by atoms with E-state index in [1.54, 1.807) is 0 Å². The Balaban J connectivity index is 2.43. The van der Waals surface area contributed by atoms with Crippen LogP contribution in [0.4, 0.5) is 0 Å². The lowest BCUT2D eigenvalue weighted by atomic mass is 9.88. The molecule has 1 saturated heterocycles. The zero-order chi connectivity index (χ0) is 14.5. The van der Waals surface area contributed by atoms with Gasteiger partial charge in [-0.3, -0.25) is 9.80 Å². The van der Waals surface area contributed by atoms with E-state index in [1.807, 2.05) is 0 Å². The molecule has 0 spiro atoms. The Kier molecular flexibility index (Phi) is 6.74. The van der Waals surface area contributed by atoms with Gasteiger partial charge in [0.05, 0.1) is 0 Å². The molecule has 114 valence electrons. The van der Waals surface area contributed by atoms with E-state index in [-0.39, 0.29) is 5.54 Å². The van der Waals surface area contributed by atoms with Gasteiger partial charge in [-0.1, -0.05) is 13.8 Å². The molecule has 2 N–H and O–H groups in total. The molecule has 0 aromatic carbocycles. The molecule has 0 aliphatic carbocycles. The van der Waals surface area contributed by atoms with Crippen LogP contribution in [0.2, 0.25) is 0 Å². The lowest BCUT2D eigenvalue weighted by Gasteiger charge is -2.46. The molecule has 4 heteroatoms. The second-order valence-electron chi connectivity index (χ2n) is 6.93. The van der Waals surface area contributed by atoms with Gasteiger partial charge in [-0.15, -0.1) is 0 Å². The van der Waals surface area contributed by atoms with Crippen LogP contribution < -0.4 is 5.73 Å². The number of likely N-dealkylation sites (N-methyl/N-ethyl adjacent to an activating group) is 1. The van der Waals surface area contributed by atoms with Crippen molar-refractivity contribution in [1.29, 1.82) is 0 Å². The number of hydrogen-bond donors (Lipinski definition) is 1. The molecule has 1 heterocycles. The fourth-order valence-corrected chi connectivity index (χ4v) is 3.07. The van der Waals surface area contributed by atoms with Crippen molar-refractivity contribution in [3.05, 3.63) is 0 Å². The molecule has 1 unspecified atom stereocenters. The van der Waals surface area contributed by atoms with E-state index in [0.29, 0.717) is 5.92 Å². The summed E-state index contributed by atoms with van der Waals surface area (Å²) in [5.41, 5.74) is 6.24. The van der Waals surface area contributed by atoms with Crippen molar-refractivity contribution in [2.75, 3.05) is 59.9 Å². The number of hydrogen-bond acceptors (Lipinski definition) is 4. The number of nitrogens with two attached hydrogens (primary N) is 1. The quantitative estimate of drug-likeness (QED) is 0.746. The van der Waals surface area contributed by atoms with Gasteiger partial charge in [-0.2, -0.15) is 0 Å². The smallest absolute Gasteiger partial charge is 0.0307 e. The predicted molar refractivity (Wildman–Crippen MR) is 83.5 cm³/mol. The summed E-state index contributed by atoms with van der Waals surface area (Å²) in [6.45, 7) is 14.7. The maximum atomic E-state index is 6.06. The van der Waals surface area contributed by atoms with Crippen molar-refractivity contribution in [1.82, 2.24) is 14.7 Å². The molecule has 1 atom stereocenters. The molecule has 1 fully saturated rings. The first-order valence-corrected chi connectivity index (χ1v) is 7.69. The molecule has 1 rings (SSSR count). The topological polar surface area (TPSA) is 35.7 Å². The minimum Gasteiger partial charge on any atom is -0.329 e. The normalized spacial score (nSPS) is 22.1. The predicted octanol–water partition coefficient (Wildman–Crippen LogP) is 0.929. The Labute approximate surface area is 119 Å². The van der Waals surface area contributed by atoms with Crippen LogP contribution in [0, 0.1) is 5.92 Å². The van der Waals surface area contributed by atoms with Crippen LogP contribution in [0.1, 0.15) is 27.2 Å². The van der Waals surface area contributed by atoms with Gasteiger partial charge in [0.15, 0.2) is 0 Å². The third kappa shape index (κ3) is 5.38. The highest BCUT2D eigenvalue weighted by atomic mass is 15.3. The Bertz CT molecular complexity index is 247. The van der Waals surface area contributed by atoms with Gasteiger partial charge in [0.25, 0.3) is 0 Å². The van der Waals surface area contributed by atoms with Gasteiger partial charge in [0.1, 0.15) is 0 Å². The first-order chi connectivity index (χ1) is 8.87. The standard InChI is InChI=1S/C15H34N4/c1-14(2)12-15(3,13-16)19-10-8-18(9-11-19)7-6-17(4)5/h14H,6-13,16H2,1-5H3. The summed E-state index contributed by atoms with van der Waals surface area (Å²) in [7, 11) is 4.29. The van der Waals surface area contributed by atoms with Crippen molar-refractivity contribution in [2.24, 2.45) is 11.7 Å². The summed E-state index contributed by atoms with van der Waals surface area (Å²) >= 11 is 0. The summed E-state index contributed by atoms with van der Waals surface area (Å²) in [5.74, 6) is 0.709. The van der Waals surface area contributed by atoms with E-state index in [4.69, 9.17) is 5.73 Å². The number of nitrogens with zero attached hydrogens (tertiary/aromatic N) is 3. The lowest BCUT2D eigenvalue weighted by molar-refractivity contribution is 0.0327. The Hall–Kier alpha value is -0.160. The third-order valence-electron chi connectivity index (χ3n) is 4.29. The molecule has 4 nitrogen and oxygen atoms in total. The summed E-state index contributed by atoms with van der Waals surface area (Å²) in [6.07, 6.45) is 1.20. The van der Waals surface area contributed by atoms with E-state index >= 15 is 0 Å². The highest BCUT2D eigenvalue weighted by Gasteiger charge is 2.33. The van der Waals surface area contributed by atoms with Gasteiger partial charge in [0, 0.05) is 51.4 Å². The first-order valence-electron chi connectivity index (χ1n) is 7.69. The minimum absolute atomic E-state index is 0.182. The lowest BCUT2D eigenvalue weighted by Crippen LogP contribution is -2.59. The average molecular weight is 270 g/mol. The molecule has 19 heavy (non-hydrogen) atoms. The van der Waals surface area contributed by atoms with Crippen molar-refractivity contribution in [3.63, 3.8) is 0 Å². The highest BCUT2D eigenvalue weighted by Crippen LogP contribution is 2.24. The van der Waals surface area contributed by atoms with Crippen molar-refractivity contribution in [2.45, 2.75) is 32.7 Å². The van der Waals surface area contributed by atoms with Gasteiger partial charge < -0.3 is 10.6 Å². The summed E-state index contributed by atoms with van der Waals surface area (Å²) in [4.78, 5) is 7.44. The van der Waals surface area contributed by atoms with Gasteiger partial charge in [-0.25, -0.2) is 0 Å². The van der Waals surface area contributed by atoms with E-state index in [9.17, 15) is 0 Å². The monoisotopic (exact) mass is 270 g/mol. The highest BCUT2D eigenvalue weighted by molar-refractivity contribution is 4.91. The van der Waals surface area contributed by atoms with Crippen LogP contribution in [0.25, 0.3) is 0 Å². The molecular weight excluding hydrogens is 236 g/mol. The van der Waals surface area contributed by atoms with Crippen LogP contribution >= 0.6 is 0 Å². The fourth-order valence-electron chi connectivity index (χ4n) is 3.07. The Morgan fingerprint density at radius 1 is 1.16 bits per heavy atom. The summed E-state index contributed by atoms with van der Waals surface area (Å²) in [5, 5.41) is 0. The Morgan fingerprint density at radius 2 is 1.74 bits per heavy atom. The summed E-state index contributed by atoms with van der Waals surface area (Å²) in [6, 6.07) is 0. The molecule has 1 aliphatic heterocycles. The SMILES string of the molecule is CC(C)CC(C)(CN)N1CCN(CCN(C)C)CC1. The van der Waals surface area contributed by atoms with Crippen LogP contribution in [0.15, 0.2) is 0 Å². The number of rotatable bonds is 7. The van der Waals surface area contributed by atoms with Crippen LogP contribution in [-0.2, 0) is 0 Å². The Morgan fingerprint density at radius 3 is 2.16 bits per heavy atom. The van der Waals surface area contributed by atoms with Crippen LogP contribution in [0.5, 0.6) is 0 Å². The number of piperazine rings is 1. The van der Waals surface area contributed by atoms with Crippen molar-refractivity contribution >= 4 is 0 Å². The van der Waals surface area contributed by atoms with E-state index in [1.165, 1.54) is 26.1 Å². The van der Waals surface area contributed by atoms with Gasteiger partial charge in [0.2, 0.25) is 0 Å². The minimum atomic E-state index is 0.182. The maximum absolute atomic E-state index is 6.06. The zero-order valence-electron chi connectivity index (χ0n) is 13.7. The zero-order valence-corrected chi connectivity index (χ0v) is 13.7. The van der Waals surface area contributed by atoms with Gasteiger partial charge in [-0.05, 0) is 33.4 Å². The molecule has 0 amide bonds. The maximum Gasteiger partial charge on any atom is 0.0307 e. The molecular formula is C15H34N4. The van der Waals surface area contributed by atoms with Gasteiger partial charge >= 0.3 is 0 Å². The van der Waals surface area contributed by atoms with Crippen LogP contribution in [-0.4, -0.2) is 80.1 Å². The summed E-state index contributed by atoms with van der Waals surface area (Å²) < 4.78 is 0. The molecule has 0 bridgehead atoms. The molecule has 0 radical (unpaired) electrons. The first kappa shape index (κ1) is 16.9. The fraction of sp³-hybridized carbons (Fsp3) is 1.00. The molecule has 0 saturated carbocycles. The van der Waals surface area contributed by atoms with E-state index in [2.05, 4.69) is 49.6 Å². The largest absolute Gasteiger partial charge is 0.329 e. The molecule has 1 aliphatic rings. The van der Waals surface area contributed by atoms with Crippen LogP contribution in [0.3, 0.4) is 0 Å². The second-order valence-corrected chi connectivity index (χ2v) is 6.93. The van der Waals surface area contributed by atoms with E-state index in [0.717, 1.165) is 26.2 Å². The van der Waals surface area contributed by atoms with Crippen molar-refractivity contribution in [3.8, 4) is 0 Å². The van der Waals surface area contributed by atoms with E-state index < -0.39 is 0 Å². The molecule has 0 aromatic rings. The third-order valence-corrected chi connectivity index (χ3v) is 4.29. The molecule has 0 aromatic heterocycles.